The maximum absolute atomic E-state index is 13.9. The van der Waals surface area contributed by atoms with Crippen LogP contribution in [0, 0.1) is 17.8 Å². The molecule has 1 saturated carbocycles. The van der Waals surface area contributed by atoms with Crippen molar-refractivity contribution in [2.75, 3.05) is 72.8 Å². The summed E-state index contributed by atoms with van der Waals surface area (Å²) in [6.07, 6.45) is 6.80. The number of ether oxygens (including phenoxy) is 7. The van der Waals surface area contributed by atoms with Gasteiger partial charge in [-0.2, -0.15) is 0 Å². The molecule has 0 saturated heterocycles. The third-order valence-corrected chi connectivity index (χ3v) is 11.4. The van der Waals surface area contributed by atoms with Crippen molar-refractivity contribution in [3.8, 4) is 23.0 Å². The molecule has 1 aliphatic heterocycles. The molecule has 2 amide bonds. The van der Waals surface area contributed by atoms with Gasteiger partial charge < -0.3 is 53.3 Å². The molecule has 16 heteroatoms. The Kier molecular flexibility index (Phi) is 17.5. The Hall–Kier alpha value is -4.87. The van der Waals surface area contributed by atoms with E-state index in [0.717, 1.165) is 30.4 Å². The molecule has 0 aromatic heterocycles. The number of oxime groups is 1. The number of carbonyl (C=O) groups excluding carboxylic acids is 2. The number of nitrogens with one attached hydrogen (secondary N) is 1. The number of aliphatic hydroxyl groups is 3. The number of fused-ring (bicyclic) bond motifs is 2. The number of hydrogen-bond donors (Lipinski definition) is 4. The molecule has 6 unspecified atom stereocenters. The van der Waals surface area contributed by atoms with Crippen molar-refractivity contribution in [1.82, 2.24) is 4.90 Å². The molecule has 342 valence electrons. The van der Waals surface area contributed by atoms with Gasteiger partial charge in [0.25, 0.3) is 0 Å². The maximum Gasteiger partial charge on any atom is 0.417 e. The van der Waals surface area contributed by atoms with Crippen molar-refractivity contribution in [1.29, 1.82) is 0 Å². The fourth-order valence-corrected chi connectivity index (χ4v) is 8.87. The van der Waals surface area contributed by atoms with Gasteiger partial charge in [0.1, 0.15) is 34.6 Å². The predicted molar refractivity (Wildman–Crippen MR) is 232 cm³/mol. The third kappa shape index (κ3) is 11.4. The molecule has 2 aliphatic carbocycles. The van der Waals surface area contributed by atoms with E-state index in [9.17, 15) is 24.9 Å². The van der Waals surface area contributed by atoms with E-state index in [-0.39, 0.29) is 76.1 Å². The quantitative estimate of drug-likeness (QED) is 0.0547. The minimum Gasteiger partial charge on any atom is -0.497 e. The first-order valence-electron chi connectivity index (χ1n) is 21.4. The van der Waals surface area contributed by atoms with Crippen molar-refractivity contribution in [3.05, 3.63) is 66.3 Å². The number of nitrogens with zero attached hydrogens (tertiary/aromatic N) is 2. The topological polar surface area (TPSA) is 196 Å². The van der Waals surface area contributed by atoms with E-state index >= 15 is 0 Å². The van der Waals surface area contributed by atoms with Gasteiger partial charge in [-0.3, -0.25) is 10.2 Å². The first-order valence-corrected chi connectivity index (χ1v) is 21.4. The van der Waals surface area contributed by atoms with Crippen LogP contribution in [0.25, 0.3) is 0 Å². The Morgan fingerprint density at radius 2 is 1.71 bits per heavy atom. The summed E-state index contributed by atoms with van der Waals surface area (Å²) >= 11 is 0. The zero-order chi connectivity index (χ0) is 44.9. The smallest absolute Gasteiger partial charge is 0.417 e. The van der Waals surface area contributed by atoms with E-state index in [1.54, 1.807) is 36.4 Å². The van der Waals surface area contributed by atoms with Gasteiger partial charge >= 0.3 is 12.2 Å². The summed E-state index contributed by atoms with van der Waals surface area (Å²) in [5, 5.41) is 36.8. The van der Waals surface area contributed by atoms with Crippen LogP contribution in [0.2, 0.25) is 0 Å². The van der Waals surface area contributed by atoms with Crippen molar-refractivity contribution >= 4 is 23.6 Å². The number of aliphatic hydroxyl groups excluding tert-OH is 3. The monoisotopic (exact) mass is 867 g/mol. The summed E-state index contributed by atoms with van der Waals surface area (Å²) in [6.45, 7) is 9.89. The minimum absolute atomic E-state index is 0.0186. The van der Waals surface area contributed by atoms with Crippen LogP contribution >= 0.6 is 0 Å². The lowest BCUT2D eigenvalue weighted by Crippen LogP contribution is -2.70. The van der Waals surface area contributed by atoms with Gasteiger partial charge in [-0.15, -0.1) is 6.58 Å². The minimum atomic E-state index is -1.54. The highest BCUT2D eigenvalue weighted by atomic mass is 16.7. The molecular weight excluding hydrogens is 803 g/mol. The lowest BCUT2D eigenvalue weighted by atomic mass is 9.55. The Balaban J connectivity index is 1.72. The first-order chi connectivity index (χ1) is 29.9. The van der Waals surface area contributed by atoms with Gasteiger partial charge in [0.05, 0.1) is 65.1 Å². The van der Waals surface area contributed by atoms with Gasteiger partial charge in [0.15, 0.2) is 0 Å². The zero-order valence-corrected chi connectivity index (χ0v) is 36.9. The lowest BCUT2D eigenvalue weighted by Gasteiger charge is -2.59. The van der Waals surface area contributed by atoms with Crippen LogP contribution < -0.4 is 24.3 Å². The number of allylic oxidation sites excluding steroid dienone is 1. The molecule has 5 rings (SSSR count). The van der Waals surface area contributed by atoms with Crippen LogP contribution in [0.4, 0.5) is 15.3 Å². The van der Waals surface area contributed by atoms with Crippen LogP contribution in [0.1, 0.15) is 77.2 Å². The fraction of sp³-hybridized carbons (Fsp3) is 0.587. The molecule has 0 bridgehead atoms. The van der Waals surface area contributed by atoms with Crippen molar-refractivity contribution in [2.45, 2.75) is 89.1 Å². The van der Waals surface area contributed by atoms with E-state index in [0.29, 0.717) is 47.9 Å². The highest BCUT2D eigenvalue weighted by Gasteiger charge is 2.65. The first kappa shape index (κ1) is 48.2. The molecule has 3 aliphatic rings. The summed E-state index contributed by atoms with van der Waals surface area (Å²) < 4.78 is 41.9. The molecule has 0 spiro atoms. The molecular formula is C46H65N3O13. The number of hydrogen-bond acceptors (Lipinski definition) is 14. The third-order valence-electron chi connectivity index (χ3n) is 11.4. The standard InChI is InChI=1S/C46H65N3O13/c1-8-23-59-46-40(49(44(54)57-7)19-24-58-25-22-52)29-37(48-62-45(2,3)4)34-26-30(13-9-11-20-50)33(14-10-12-21-51)41(42(34)46)35-27-32(16-18-38(35)61-46)60-43(53)47-36-17-15-31(55-5)28-39(36)56-6/h8,15-18,26-28,30,33,40-42,50-52H,1,9-14,19-25,29H2,2-7H3,(H,47,53). The Labute approximate surface area is 364 Å². The molecule has 6 atom stereocenters. The molecule has 0 radical (unpaired) electrons. The van der Waals surface area contributed by atoms with Gasteiger partial charge in [-0.25, -0.2) is 9.59 Å². The highest BCUT2D eigenvalue weighted by molar-refractivity contribution is 6.03. The Morgan fingerprint density at radius 3 is 2.37 bits per heavy atom. The average molecular weight is 868 g/mol. The maximum atomic E-state index is 13.9. The molecule has 1 fully saturated rings. The Morgan fingerprint density at radius 1 is 0.968 bits per heavy atom. The van der Waals surface area contributed by atoms with E-state index in [4.69, 9.17) is 43.2 Å². The number of unbranched alkanes of at least 4 members (excludes halogenated alkanes) is 2. The largest absolute Gasteiger partial charge is 0.497 e. The molecule has 62 heavy (non-hydrogen) atoms. The van der Waals surface area contributed by atoms with Crippen LogP contribution in [-0.2, 0) is 19.0 Å². The van der Waals surface area contributed by atoms with Crippen LogP contribution in [0.5, 0.6) is 23.0 Å². The zero-order valence-electron chi connectivity index (χ0n) is 36.9. The predicted octanol–water partition coefficient (Wildman–Crippen LogP) is 6.82. The summed E-state index contributed by atoms with van der Waals surface area (Å²) in [5.41, 5.74) is 1.94. The van der Waals surface area contributed by atoms with Crippen LogP contribution in [-0.4, -0.2) is 123 Å². The summed E-state index contributed by atoms with van der Waals surface area (Å²) in [6, 6.07) is 9.38. The summed E-state index contributed by atoms with van der Waals surface area (Å²) in [5.74, 6) is -0.941. The van der Waals surface area contributed by atoms with Crippen molar-refractivity contribution < 1.29 is 62.9 Å². The number of anilines is 1. The van der Waals surface area contributed by atoms with E-state index in [1.807, 2.05) is 26.8 Å². The molecule has 1 heterocycles. The van der Waals surface area contributed by atoms with Gasteiger partial charge in [-0.1, -0.05) is 30.1 Å². The number of methoxy groups -OCH3 is 3. The van der Waals surface area contributed by atoms with E-state index in [2.05, 4.69) is 18.0 Å². The summed E-state index contributed by atoms with van der Waals surface area (Å²) in [4.78, 5) is 35.1. The number of amides is 2. The van der Waals surface area contributed by atoms with Gasteiger partial charge in [-0.05, 0) is 94.2 Å². The Bertz CT molecular complexity index is 1880. The van der Waals surface area contributed by atoms with Crippen LogP contribution in [0.15, 0.2) is 65.9 Å². The number of rotatable bonds is 22. The van der Waals surface area contributed by atoms with E-state index in [1.165, 1.54) is 26.2 Å². The van der Waals surface area contributed by atoms with Gasteiger partial charge in [0.2, 0.25) is 5.79 Å². The van der Waals surface area contributed by atoms with Crippen LogP contribution in [0.3, 0.4) is 0 Å². The SMILES string of the molecule is C=CCOC12Oc3ccc(OC(=O)Nc4ccc(OC)cc4OC)cc3C3C(CCCCO)C(CCCCO)C=C(C(=NOC(C)(C)C)CC1N(CCOCCO)C(=O)OC)C32. The lowest BCUT2D eigenvalue weighted by molar-refractivity contribution is -0.256. The molecule has 2 aromatic rings. The van der Waals surface area contributed by atoms with Crippen molar-refractivity contribution in [2.24, 2.45) is 22.9 Å². The summed E-state index contributed by atoms with van der Waals surface area (Å²) in [7, 11) is 4.34. The molecule has 2 aromatic carbocycles. The van der Waals surface area contributed by atoms with Gasteiger partial charge in [0, 0.05) is 43.7 Å². The average Bonchev–Trinajstić information content (AvgIpc) is 3.26. The molecule has 16 nitrogen and oxygen atoms in total. The second-order valence-corrected chi connectivity index (χ2v) is 16.6. The normalized spacial score (nSPS) is 23.2. The number of carbonyl (C=O) groups is 2. The molecule has 4 N–H and O–H groups in total. The van der Waals surface area contributed by atoms with E-state index < -0.39 is 35.5 Å². The highest BCUT2D eigenvalue weighted by Crippen LogP contribution is 2.62. The fourth-order valence-electron chi connectivity index (χ4n) is 8.87. The van der Waals surface area contributed by atoms with Crippen molar-refractivity contribution in [3.63, 3.8) is 0 Å². The second-order valence-electron chi connectivity index (χ2n) is 16.6. The second kappa shape index (κ2) is 22.5. The number of benzene rings is 2.